The Hall–Kier alpha value is -6.88. The van der Waals surface area contributed by atoms with Crippen LogP contribution in [0.5, 0.6) is 0 Å². The molecule has 222 valence electrons. The molecule has 9 aromatic rings. The Morgan fingerprint density at radius 1 is 0.354 bits per heavy atom. The lowest BCUT2D eigenvalue weighted by Gasteiger charge is -2.13. The monoisotopic (exact) mass is 610 g/mol. The molecule has 0 unspecified atom stereocenters. The summed E-state index contributed by atoms with van der Waals surface area (Å²) in [5.74, 6) is 0. The van der Waals surface area contributed by atoms with Gasteiger partial charge in [0.05, 0.1) is 45.3 Å². The zero-order chi connectivity index (χ0) is 32.2. The van der Waals surface area contributed by atoms with E-state index < -0.39 is 0 Å². The molecular formula is C44H26N4. The minimum absolute atomic E-state index is 0.493. The van der Waals surface area contributed by atoms with Crippen LogP contribution in [0.3, 0.4) is 0 Å². The van der Waals surface area contributed by atoms with Gasteiger partial charge in [0.2, 0.25) is 0 Å². The fourth-order valence-electron chi connectivity index (χ4n) is 7.31. The Bertz CT molecular complexity index is 2730. The minimum Gasteiger partial charge on any atom is -0.309 e. The van der Waals surface area contributed by atoms with E-state index in [2.05, 4.69) is 155 Å². The van der Waals surface area contributed by atoms with Gasteiger partial charge in [-0.1, -0.05) is 91.0 Å². The molecule has 0 saturated carbocycles. The van der Waals surface area contributed by atoms with Crippen LogP contribution in [-0.4, -0.2) is 9.13 Å². The van der Waals surface area contributed by atoms with E-state index in [4.69, 9.17) is 0 Å². The molecule has 0 N–H and O–H groups in total. The van der Waals surface area contributed by atoms with Crippen molar-refractivity contribution >= 4 is 43.6 Å². The first-order chi connectivity index (χ1) is 23.7. The highest BCUT2D eigenvalue weighted by molar-refractivity contribution is 6.11. The molecule has 0 aliphatic heterocycles. The van der Waals surface area contributed by atoms with E-state index in [1.165, 1.54) is 21.8 Å². The molecule has 0 saturated heterocycles. The molecule has 2 heterocycles. The summed E-state index contributed by atoms with van der Waals surface area (Å²) in [5.41, 5.74) is 11.5. The fraction of sp³-hybridized carbons (Fsp3) is 0. The van der Waals surface area contributed by atoms with E-state index >= 15 is 0 Å². The molecule has 4 heteroatoms. The molecule has 0 aliphatic rings. The molecule has 4 nitrogen and oxygen atoms in total. The van der Waals surface area contributed by atoms with Crippen molar-refractivity contribution in [2.45, 2.75) is 0 Å². The second-order valence-electron chi connectivity index (χ2n) is 12.0. The van der Waals surface area contributed by atoms with Gasteiger partial charge in [0.25, 0.3) is 0 Å². The molecule has 7 aromatic carbocycles. The number of rotatable bonds is 4. The van der Waals surface area contributed by atoms with E-state index in [0.717, 1.165) is 49.9 Å². The van der Waals surface area contributed by atoms with E-state index in [0.29, 0.717) is 16.7 Å². The average Bonchev–Trinajstić information content (AvgIpc) is 3.67. The van der Waals surface area contributed by atoms with Gasteiger partial charge in [-0.25, -0.2) is 0 Å². The Labute approximate surface area is 277 Å². The number of benzene rings is 7. The van der Waals surface area contributed by atoms with Gasteiger partial charge >= 0.3 is 0 Å². The molecule has 2 aromatic heterocycles. The Morgan fingerprint density at radius 3 is 1.29 bits per heavy atom. The molecule has 0 atom stereocenters. The van der Waals surface area contributed by atoms with Gasteiger partial charge in [-0.2, -0.15) is 10.5 Å². The summed E-state index contributed by atoms with van der Waals surface area (Å²) in [7, 11) is 0. The Balaban J connectivity index is 1.20. The minimum atomic E-state index is 0.493. The Morgan fingerprint density at radius 2 is 0.792 bits per heavy atom. The number of hydrogen-bond donors (Lipinski definition) is 0. The van der Waals surface area contributed by atoms with E-state index in [1.54, 1.807) is 18.2 Å². The lowest BCUT2D eigenvalue weighted by molar-refractivity contribution is 1.17. The highest BCUT2D eigenvalue weighted by Crippen LogP contribution is 2.38. The van der Waals surface area contributed by atoms with Crippen LogP contribution in [0.4, 0.5) is 0 Å². The van der Waals surface area contributed by atoms with E-state index in [9.17, 15) is 10.5 Å². The molecule has 0 aliphatic carbocycles. The van der Waals surface area contributed by atoms with Gasteiger partial charge < -0.3 is 9.13 Å². The molecule has 0 bridgehead atoms. The first-order valence-electron chi connectivity index (χ1n) is 15.9. The van der Waals surface area contributed by atoms with Gasteiger partial charge in [-0.05, 0) is 83.4 Å². The lowest BCUT2D eigenvalue weighted by atomic mass is 9.94. The third-order valence-electron chi connectivity index (χ3n) is 9.39. The van der Waals surface area contributed by atoms with Crippen molar-refractivity contribution in [3.8, 4) is 45.8 Å². The zero-order valence-electron chi connectivity index (χ0n) is 25.8. The maximum atomic E-state index is 9.86. The summed E-state index contributed by atoms with van der Waals surface area (Å²) in [6.45, 7) is 0. The van der Waals surface area contributed by atoms with Gasteiger partial charge in [-0.3, -0.25) is 0 Å². The van der Waals surface area contributed by atoms with Crippen LogP contribution >= 0.6 is 0 Å². The van der Waals surface area contributed by atoms with Crippen LogP contribution in [-0.2, 0) is 0 Å². The van der Waals surface area contributed by atoms with Crippen molar-refractivity contribution in [1.82, 2.24) is 9.13 Å². The number of fused-ring (bicyclic) bond motifs is 6. The van der Waals surface area contributed by atoms with Crippen molar-refractivity contribution in [3.05, 3.63) is 169 Å². The van der Waals surface area contributed by atoms with Crippen molar-refractivity contribution in [1.29, 1.82) is 10.5 Å². The third-order valence-corrected chi connectivity index (χ3v) is 9.39. The predicted octanol–water partition coefficient (Wildman–Crippen LogP) is 11.0. The summed E-state index contributed by atoms with van der Waals surface area (Å²) < 4.78 is 4.65. The summed E-state index contributed by atoms with van der Waals surface area (Å²) >= 11 is 0. The first kappa shape index (κ1) is 27.4. The number of nitrogens with zero attached hydrogens (tertiary/aromatic N) is 4. The van der Waals surface area contributed by atoms with E-state index in [1.807, 2.05) is 6.07 Å². The molecule has 0 fully saturated rings. The van der Waals surface area contributed by atoms with Crippen molar-refractivity contribution < 1.29 is 0 Å². The number of nitriles is 2. The Kier molecular flexibility index (Phi) is 6.22. The smallest absolute Gasteiger partial charge is 0.0998 e. The second-order valence-corrected chi connectivity index (χ2v) is 12.0. The highest BCUT2D eigenvalue weighted by atomic mass is 15.0. The van der Waals surface area contributed by atoms with Crippen LogP contribution in [0, 0.1) is 22.7 Å². The van der Waals surface area contributed by atoms with Gasteiger partial charge in [0, 0.05) is 38.5 Å². The van der Waals surface area contributed by atoms with Gasteiger partial charge in [0.1, 0.15) is 0 Å². The number of hydrogen-bond acceptors (Lipinski definition) is 2. The third kappa shape index (κ3) is 4.14. The zero-order valence-corrected chi connectivity index (χ0v) is 25.8. The predicted molar refractivity (Wildman–Crippen MR) is 195 cm³/mol. The van der Waals surface area contributed by atoms with Crippen LogP contribution in [0.25, 0.3) is 77.2 Å². The largest absolute Gasteiger partial charge is 0.309 e. The summed E-state index contributed by atoms with van der Waals surface area (Å²) in [4.78, 5) is 0. The van der Waals surface area contributed by atoms with Gasteiger partial charge in [0.15, 0.2) is 0 Å². The second kappa shape index (κ2) is 10.9. The number of aromatic nitrogens is 2. The highest BCUT2D eigenvalue weighted by Gasteiger charge is 2.17. The SMILES string of the molecule is N#Cc1cccc(C#N)c1-c1ccc2c(c1)c1ccccc1n2-c1cccc(-c2cccc(-n3c4ccccc4c4ccccc43)c2)c1. The van der Waals surface area contributed by atoms with Crippen molar-refractivity contribution in [2.75, 3.05) is 0 Å². The van der Waals surface area contributed by atoms with Crippen molar-refractivity contribution in [2.24, 2.45) is 0 Å². The fourth-order valence-corrected chi connectivity index (χ4v) is 7.31. The summed E-state index contributed by atoms with van der Waals surface area (Å²) in [5, 5.41) is 24.4. The normalized spacial score (nSPS) is 11.3. The van der Waals surface area contributed by atoms with Crippen LogP contribution in [0.15, 0.2) is 158 Å². The number of para-hydroxylation sites is 3. The lowest BCUT2D eigenvalue weighted by Crippen LogP contribution is -1.96. The molecule has 9 rings (SSSR count). The topological polar surface area (TPSA) is 57.4 Å². The first-order valence-corrected chi connectivity index (χ1v) is 15.9. The summed E-state index contributed by atoms with van der Waals surface area (Å²) in [6, 6.07) is 59.1. The molecular weight excluding hydrogens is 585 g/mol. The summed E-state index contributed by atoms with van der Waals surface area (Å²) in [6.07, 6.45) is 0. The molecule has 48 heavy (non-hydrogen) atoms. The average molecular weight is 611 g/mol. The maximum Gasteiger partial charge on any atom is 0.0998 e. The molecule has 0 radical (unpaired) electrons. The van der Waals surface area contributed by atoms with Crippen LogP contribution in [0.1, 0.15) is 11.1 Å². The van der Waals surface area contributed by atoms with Crippen LogP contribution < -0.4 is 0 Å². The van der Waals surface area contributed by atoms with Crippen molar-refractivity contribution in [3.63, 3.8) is 0 Å². The standard InChI is InChI=1S/C44H26N4/c45-27-32-12-7-13-33(28-46)44(32)31-22-23-43-39(26-31)38-18-3-6-21-42(38)48(43)35-15-9-11-30(25-35)29-10-8-14-34(24-29)47-40-19-4-1-16-36(40)37-17-2-5-20-41(37)47/h1-26H. The van der Waals surface area contributed by atoms with E-state index in [-0.39, 0.29) is 0 Å². The van der Waals surface area contributed by atoms with Crippen LogP contribution in [0.2, 0.25) is 0 Å². The quantitative estimate of drug-likeness (QED) is 0.199. The van der Waals surface area contributed by atoms with Gasteiger partial charge in [-0.15, -0.1) is 0 Å². The molecule has 0 spiro atoms. The molecule has 0 amide bonds. The maximum absolute atomic E-state index is 9.86.